The van der Waals surface area contributed by atoms with Gasteiger partial charge in [0.2, 0.25) is 0 Å². The maximum Gasteiger partial charge on any atom is 0.0425 e. The number of allylic oxidation sites excluding steroid dienone is 7. The third kappa shape index (κ3) is 9.90. The number of hydrogen-bond donors (Lipinski definition) is 0. The minimum absolute atomic E-state index is 0. The molecule has 0 heterocycles. The van der Waals surface area contributed by atoms with E-state index in [0.717, 1.165) is 23.4 Å². The van der Waals surface area contributed by atoms with Gasteiger partial charge in [-0.15, -0.1) is 0 Å². The fourth-order valence-corrected chi connectivity index (χ4v) is 13.4. The van der Waals surface area contributed by atoms with Gasteiger partial charge in [0.25, 0.3) is 0 Å². The van der Waals surface area contributed by atoms with Crippen LogP contribution in [0.5, 0.6) is 0 Å². The van der Waals surface area contributed by atoms with Gasteiger partial charge in [0, 0.05) is 33.8 Å². The first-order valence-corrected chi connectivity index (χ1v) is 17.3. The van der Waals surface area contributed by atoms with E-state index in [-0.39, 0.29) is 21.7 Å². The molecule has 0 N–H and O–H groups in total. The Morgan fingerprint density at radius 1 is 0.667 bits per heavy atom. The van der Waals surface area contributed by atoms with Crippen LogP contribution in [0.4, 0.5) is 0 Å². The second-order valence-corrected chi connectivity index (χ2v) is 16.3. The van der Waals surface area contributed by atoms with E-state index in [1.54, 1.807) is 0 Å². The quantitative estimate of drug-likeness (QED) is 0.171. The summed E-state index contributed by atoms with van der Waals surface area (Å²) in [5.74, 6) is 1.33. The molecule has 202 valence electrons. The summed E-state index contributed by atoms with van der Waals surface area (Å²) in [6.45, 7) is 8.72. The zero-order chi connectivity index (χ0) is 24.9. The standard InChI is InChI=1S/C23H38NP.C10H18.Ti/c1-4-14-21(15-5-1)25(22-16-6-2-7-17-22,23-18-8-3-9-19-23)24-20-12-10-11-13-20;1-9(2)7-5-6-8-10(3)4;/h10-12,21-23H,1-9,13-19H2;5-10H,1-4H3;. The van der Waals surface area contributed by atoms with Crippen molar-refractivity contribution in [3.05, 3.63) is 48.2 Å². The number of hydrogen-bond acceptors (Lipinski definition) is 1. The third-order valence-electron chi connectivity index (χ3n) is 8.64. The summed E-state index contributed by atoms with van der Waals surface area (Å²) in [4.78, 5) is 0. The summed E-state index contributed by atoms with van der Waals surface area (Å²) >= 11 is 0. The molecular weight excluding hydrogens is 489 g/mol. The first-order chi connectivity index (χ1) is 17.0. The maximum atomic E-state index is 5.89. The van der Waals surface area contributed by atoms with Gasteiger partial charge in [-0.25, -0.2) is 0 Å². The Morgan fingerprint density at radius 3 is 1.36 bits per heavy atom. The summed E-state index contributed by atoms with van der Waals surface area (Å²) in [5, 5.41) is 0. The minimum atomic E-state index is -1.25. The molecular formula is C33H56NPTi. The molecule has 0 aromatic carbocycles. The summed E-state index contributed by atoms with van der Waals surface area (Å²) < 4.78 is 5.89. The van der Waals surface area contributed by atoms with E-state index in [2.05, 4.69) is 70.2 Å². The fourth-order valence-electron chi connectivity index (χ4n) is 6.93. The van der Waals surface area contributed by atoms with Gasteiger partial charge >= 0.3 is 0 Å². The maximum absolute atomic E-state index is 5.89. The molecule has 0 aromatic rings. The molecule has 0 bridgehead atoms. The van der Waals surface area contributed by atoms with Crippen molar-refractivity contribution in [3.8, 4) is 0 Å². The van der Waals surface area contributed by atoms with Crippen molar-refractivity contribution < 1.29 is 21.7 Å². The molecule has 0 amide bonds. The van der Waals surface area contributed by atoms with Gasteiger partial charge in [0.15, 0.2) is 0 Å². The van der Waals surface area contributed by atoms with Crippen molar-refractivity contribution in [3.63, 3.8) is 0 Å². The fraction of sp³-hybridized carbons (Fsp3) is 0.758. The van der Waals surface area contributed by atoms with Crippen molar-refractivity contribution in [1.29, 1.82) is 0 Å². The Balaban J connectivity index is 0.000000357. The van der Waals surface area contributed by atoms with Crippen LogP contribution in [0.15, 0.2) is 53.0 Å². The van der Waals surface area contributed by atoms with Crippen LogP contribution in [0.2, 0.25) is 0 Å². The monoisotopic (exact) mass is 545 g/mol. The van der Waals surface area contributed by atoms with Crippen molar-refractivity contribution in [2.45, 2.75) is 147 Å². The van der Waals surface area contributed by atoms with Crippen LogP contribution in [0.3, 0.4) is 0 Å². The molecule has 0 radical (unpaired) electrons. The van der Waals surface area contributed by atoms with E-state index in [9.17, 15) is 0 Å². The molecule has 0 unspecified atom stereocenters. The number of rotatable bonds is 7. The Hall–Kier alpha value is -0.0957. The largest absolute Gasteiger partial charge is 0.271 e. The molecule has 1 nitrogen and oxygen atoms in total. The average Bonchev–Trinajstić information content (AvgIpc) is 3.40. The number of nitrogens with zero attached hydrogens (tertiary/aromatic N) is 1. The Morgan fingerprint density at radius 2 is 1.06 bits per heavy atom. The first kappa shape index (κ1) is 32.1. The predicted octanol–water partition coefficient (Wildman–Crippen LogP) is 11.4. The summed E-state index contributed by atoms with van der Waals surface area (Å²) in [6.07, 6.45) is 39.1. The van der Waals surface area contributed by atoms with E-state index in [4.69, 9.17) is 4.74 Å². The van der Waals surface area contributed by atoms with E-state index >= 15 is 0 Å². The summed E-state index contributed by atoms with van der Waals surface area (Å²) in [6, 6.07) is 0. The molecule has 0 aliphatic heterocycles. The molecule has 3 saturated carbocycles. The molecule has 3 heteroatoms. The van der Waals surface area contributed by atoms with Crippen molar-refractivity contribution >= 4 is 7.05 Å². The molecule has 0 saturated heterocycles. The molecule has 3 fully saturated rings. The molecule has 4 aliphatic rings. The van der Waals surface area contributed by atoms with Crippen LogP contribution in [0, 0.1) is 11.8 Å². The molecule has 36 heavy (non-hydrogen) atoms. The summed E-state index contributed by atoms with van der Waals surface area (Å²) in [7, 11) is -1.25. The van der Waals surface area contributed by atoms with Crippen LogP contribution in [0.1, 0.15) is 130 Å². The van der Waals surface area contributed by atoms with Crippen molar-refractivity contribution in [2.75, 3.05) is 0 Å². The second-order valence-electron chi connectivity index (χ2n) is 12.3. The third-order valence-corrected chi connectivity index (χ3v) is 14.3. The Kier molecular flexibility index (Phi) is 15.6. The van der Waals surface area contributed by atoms with Crippen LogP contribution in [-0.2, 0) is 21.7 Å². The zero-order valence-electron chi connectivity index (χ0n) is 24.1. The topological polar surface area (TPSA) is 12.4 Å². The van der Waals surface area contributed by atoms with E-state index in [0.29, 0.717) is 11.8 Å². The van der Waals surface area contributed by atoms with Crippen molar-refractivity contribution in [1.82, 2.24) is 0 Å². The van der Waals surface area contributed by atoms with Gasteiger partial charge in [0.05, 0.1) is 0 Å². The van der Waals surface area contributed by atoms with E-state index in [1.165, 1.54) is 102 Å². The van der Waals surface area contributed by atoms with Gasteiger partial charge in [-0.2, -0.15) is 0 Å². The minimum Gasteiger partial charge on any atom is -0.271 e. The van der Waals surface area contributed by atoms with E-state index < -0.39 is 7.05 Å². The van der Waals surface area contributed by atoms with Gasteiger partial charge in [-0.05, 0) is 80.5 Å². The van der Waals surface area contributed by atoms with Crippen LogP contribution >= 0.6 is 7.05 Å². The van der Waals surface area contributed by atoms with Crippen LogP contribution in [-0.4, -0.2) is 17.0 Å². The predicted molar refractivity (Wildman–Crippen MR) is 160 cm³/mol. The van der Waals surface area contributed by atoms with Gasteiger partial charge in [0.1, 0.15) is 0 Å². The normalized spacial score (nSPS) is 22.7. The molecule has 0 atom stereocenters. The molecule has 4 rings (SSSR count). The van der Waals surface area contributed by atoms with Crippen LogP contribution in [0.25, 0.3) is 0 Å². The smallest absolute Gasteiger partial charge is 0.0425 e. The first-order valence-electron chi connectivity index (χ1n) is 15.3. The van der Waals surface area contributed by atoms with Crippen LogP contribution < -0.4 is 0 Å². The molecule has 0 aromatic heterocycles. The van der Waals surface area contributed by atoms with Gasteiger partial charge in [-0.3, -0.25) is 4.74 Å². The van der Waals surface area contributed by atoms with Gasteiger partial charge < -0.3 is 0 Å². The summed E-state index contributed by atoms with van der Waals surface area (Å²) in [5.41, 5.74) is 4.40. The van der Waals surface area contributed by atoms with Crippen molar-refractivity contribution in [2.24, 2.45) is 16.6 Å². The average molecular weight is 546 g/mol. The Labute approximate surface area is 240 Å². The van der Waals surface area contributed by atoms with Gasteiger partial charge in [-0.1, -0.05) is 122 Å². The SMILES string of the molecule is C1=CCC(N=P(C2CCCCC2)(C2CCCCC2)C2CCCCC2)=C1.CC(C)C=CC=CC(C)C.[Ti]. The second kappa shape index (κ2) is 17.5. The Bertz CT molecular complexity index is 701. The molecule has 4 aliphatic carbocycles. The zero-order valence-corrected chi connectivity index (χ0v) is 26.6. The molecule has 0 spiro atoms. The van der Waals surface area contributed by atoms with E-state index in [1.807, 2.05) is 0 Å².